The van der Waals surface area contributed by atoms with E-state index in [9.17, 15) is 0 Å². The Morgan fingerprint density at radius 2 is 1.45 bits per heavy atom. The van der Waals surface area contributed by atoms with Crippen molar-refractivity contribution >= 4 is 11.1 Å². The van der Waals surface area contributed by atoms with E-state index in [4.69, 9.17) is 0 Å². The summed E-state index contributed by atoms with van der Waals surface area (Å²) >= 11 is 0. The summed E-state index contributed by atoms with van der Waals surface area (Å²) in [6, 6.07) is 9.65. The van der Waals surface area contributed by atoms with Gasteiger partial charge in [0, 0.05) is 0 Å². The van der Waals surface area contributed by atoms with Crippen molar-refractivity contribution in [1.29, 1.82) is 0 Å². The zero-order valence-corrected chi connectivity index (χ0v) is 15.5. The summed E-state index contributed by atoms with van der Waals surface area (Å²) in [5.74, 6) is 0. The Morgan fingerprint density at radius 1 is 0.850 bits per heavy atom. The topological polar surface area (TPSA) is 0 Å². The average Bonchev–Trinajstić information content (AvgIpc) is 3.03. The quantitative estimate of drug-likeness (QED) is 0.436. The minimum atomic E-state index is 0. The summed E-state index contributed by atoms with van der Waals surface area (Å²) < 4.78 is 0. The van der Waals surface area contributed by atoms with Crippen LogP contribution in [-0.2, 0) is 26.2 Å². The maximum absolute atomic E-state index is 3.38. The maximum Gasteiger partial charge on any atom is 4.00 e. The zero-order valence-electron chi connectivity index (χ0n) is 10.7. The largest absolute Gasteiger partial charge is 4.00 e. The van der Waals surface area contributed by atoms with Crippen LogP contribution < -0.4 is 37.2 Å². The normalized spacial score (nSPS) is 14.2. The van der Waals surface area contributed by atoms with E-state index in [1.165, 1.54) is 22.3 Å². The first-order chi connectivity index (χ1) is 7.95. The summed E-state index contributed by atoms with van der Waals surface area (Å²) in [5, 5.41) is 0. The van der Waals surface area contributed by atoms with Gasteiger partial charge in [-0.3, -0.25) is 0 Å². The smallest absolute Gasteiger partial charge is 1.00 e. The van der Waals surface area contributed by atoms with E-state index >= 15 is 0 Å². The molecule has 0 amide bonds. The van der Waals surface area contributed by atoms with Crippen LogP contribution in [0.2, 0.25) is 0 Å². The fourth-order valence-electron chi connectivity index (χ4n) is 2.25. The minimum absolute atomic E-state index is 0. The van der Waals surface area contributed by atoms with E-state index in [0.717, 1.165) is 12.8 Å². The monoisotopic (exact) mass is 400 g/mol. The van der Waals surface area contributed by atoms with Gasteiger partial charge in [-0.25, -0.2) is 0 Å². The first-order valence-corrected chi connectivity index (χ1v) is 5.68. The molecule has 2 aliphatic carbocycles. The molecule has 0 aliphatic heterocycles. The number of rotatable bonds is 2. The molecule has 20 heavy (non-hydrogen) atoms. The molecule has 0 saturated heterocycles. The van der Waals surface area contributed by atoms with Crippen LogP contribution in [0.3, 0.4) is 0 Å². The zero-order chi connectivity index (χ0) is 10.8. The van der Waals surface area contributed by atoms with E-state index < -0.39 is 0 Å². The molecular weight excluding hydrogens is 390 g/mol. The van der Waals surface area contributed by atoms with E-state index in [0.29, 0.717) is 0 Å². The number of hydrogen-bond donors (Lipinski definition) is 0. The van der Waals surface area contributed by atoms with E-state index in [2.05, 4.69) is 54.7 Å². The van der Waals surface area contributed by atoms with Crippen molar-refractivity contribution in [1.82, 2.24) is 0 Å². The van der Waals surface area contributed by atoms with E-state index in [1.54, 1.807) is 0 Å². The summed E-state index contributed by atoms with van der Waals surface area (Å²) in [6.07, 6.45) is 15.1. The van der Waals surface area contributed by atoms with Gasteiger partial charge in [0.15, 0.2) is 0 Å². The third kappa shape index (κ3) is 4.74. The molecule has 0 N–H and O–H groups in total. The number of benzene rings is 1. The van der Waals surface area contributed by atoms with Crippen LogP contribution in [0.25, 0.3) is 11.1 Å². The summed E-state index contributed by atoms with van der Waals surface area (Å²) in [7, 11) is 0. The minimum Gasteiger partial charge on any atom is -1.00 e. The predicted octanol–water partition coefficient (Wildman–Crippen LogP) is -4.82. The van der Waals surface area contributed by atoms with Crippen molar-refractivity contribution in [3.8, 4) is 0 Å². The second-order valence-electron chi connectivity index (χ2n) is 4.11. The fraction of sp³-hybridized carbons (Fsp3) is 0.125. The summed E-state index contributed by atoms with van der Waals surface area (Å²) in [5.41, 5.74) is 5.38. The van der Waals surface area contributed by atoms with Gasteiger partial charge in [-0.2, -0.15) is 0 Å². The number of allylic oxidation sites excluding steroid dienone is 8. The predicted molar refractivity (Wildman–Crippen MR) is 68.7 cm³/mol. The van der Waals surface area contributed by atoms with Crippen molar-refractivity contribution in [2.75, 3.05) is 0 Å². The standard InChI is InChI=1S/C16H13.3ClH.Zr/c1-2-8-13(7-1)15-11-5-6-12-16(15)14-9-3-4-10-14;;;;/h1-7,9,11H,8,10H2;3*1H;/q-1;;;;+4/p-3. The van der Waals surface area contributed by atoms with Gasteiger partial charge in [-0.15, -0.1) is 47.0 Å². The van der Waals surface area contributed by atoms with Gasteiger partial charge in [0.1, 0.15) is 0 Å². The van der Waals surface area contributed by atoms with E-state index in [-0.39, 0.29) is 63.4 Å². The maximum atomic E-state index is 3.38. The fourth-order valence-corrected chi connectivity index (χ4v) is 2.25. The molecule has 0 spiro atoms. The van der Waals surface area contributed by atoms with Gasteiger partial charge in [0.2, 0.25) is 0 Å². The molecule has 1 aromatic carbocycles. The molecule has 0 heterocycles. The average molecular weight is 403 g/mol. The third-order valence-electron chi connectivity index (χ3n) is 3.07. The molecule has 3 rings (SSSR count). The Hall–Kier alpha value is -0.0669. The van der Waals surface area contributed by atoms with Gasteiger partial charge >= 0.3 is 26.2 Å². The van der Waals surface area contributed by atoms with Crippen LogP contribution in [-0.4, -0.2) is 0 Å². The van der Waals surface area contributed by atoms with Gasteiger partial charge in [0.25, 0.3) is 0 Å². The molecule has 2 aliphatic rings. The van der Waals surface area contributed by atoms with Gasteiger partial charge < -0.3 is 37.2 Å². The van der Waals surface area contributed by atoms with Gasteiger partial charge in [-0.1, -0.05) is 36.0 Å². The molecular formula is C16H13Cl3Zr. The van der Waals surface area contributed by atoms with Crippen LogP contribution in [0.5, 0.6) is 0 Å². The van der Waals surface area contributed by atoms with Crippen molar-refractivity contribution in [3.63, 3.8) is 0 Å². The Kier molecular flexibility index (Phi) is 11.8. The Morgan fingerprint density at radius 3 is 2.00 bits per heavy atom. The van der Waals surface area contributed by atoms with Crippen LogP contribution in [0.1, 0.15) is 24.0 Å². The molecule has 102 valence electrons. The summed E-state index contributed by atoms with van der Waals surface area (Å²) in [6.45, 7) is 0. The van der Waals surface area contributed by atoms with Crippen molar-refractivity contribution in [2.24, 2.45) is 0 Å². The molecule has 0 nitrogen and oxygen atoms in total. The second-order valence-corrected chi connectivity index (χ2v) is 4.11. The van der Waals surface area contributed by atoms with Crippen molar-refractivity contribution in [2.45, 2.75) is 12.8 Å². The molecule has 4 heteroatoms. The molecule has 0 bridgehead atoms. The molecule has 1 aromatic rings. The van der Waals surface area contributed by atoms with Crippen LogP contribution in [0, 0.1) is 6.07 Å². The molecule has 0 saturated carbocycles. The molecule has 0 aromatic heterocycles. The Balaban J connectivity index is 0. The number of halogens is 3. The summed E-state index contributed by atoms with van der Waals surface area (Å²) in [4.78, 5) is 0. The number of hydrogen-bond acceptors (Lipinski definition) is 0. The van der Waals surface area contributed by atoms with Gasteiger partial charge in [0.05, 0.1) is 0 Å². The molecule has 0 atom stereocenters. The molecule has 0 unspecified atom stereocenters. The van der Waals surface area contributed by atoms with Crippen molar-refractivity contribution < 1.29 is 63.4 Å². The Labute approximate surface area is 158 Å². The SMILES string of the molecule is [Cl-].[Cl-].[Cl-].[Zr+4].[c-]1cccc(C2=CC=CC2)c1C1=CC=CC1. The second kappa shape index (κ2) is 10.6. The van der Waals surface area contributed by atoms with Crippen LogP contribution in [0.15, 0.2) is 54.7 Å². The first kappa shape index (κ1) is 22.2. The van der Waals surface area contributed by atoms with Crippen LogP contribution >= 0.6 is 0 Å². The Bertz CT molecular complexity index is 493. The third-order valence-corrected chi connectivity index (χ3v) is 3.07. The molecule has 0 radical (unpaired) electrons. The van der Waals surface area contributed by atoms with Gasteiger partial charge in [-0.05, 0) is 12.8 Å². The van der Waals surface area contributed by atoms with Crippen LogP contribution in [0.4, 0.5) is 0 Å². The first-order valence-electron chi connectivity index (χ1n) is 5.68. The van der Waals surface area contributed by atoms with Crippen molar-refractivity contribution in [3.05, 3.63) is 71.8 Å². The van der Waals surface area contributed by atoms with E-state index in [1.807, 2.05) is 6.07 Å². The molecule has 0 fully saturated rings.